The first kappa shape index (κ1) is 19.2. The van der Waals surface area contributed by atoms with E-state index in [9.17, 15) is 18.0 Å². The van der Waals surface area contributed by atoms with Gasteiger partial charge in [0.25, 0.3) is 0 Å². The van der Waals surface area contributed by atoms with Crippen molar-refractivity contribution in [1.82, 2.24) is 19.6 Å². The molecule has 2 heterocycles. The number of carbonyl (C=O) groups excluding carboxylic acids is 1. The van der Waals surface area contributed by atoms with Crippen LogP contribution >= 0.6 is 11.8 Å². The average molecular weight is 374 g/mol. The Morgan fingerprint density at radius 3 is 2.72 bits per heavy atom. The third-order valence-corrected chi connectivity index (χ3v) is 4.31. The largest absolute Gasteiger partial charge is 0.463 e. The van der Waals surface area contributed by atoms with Crippen molar-refractivity contribution in [3.05, 3.63) is 23.8 Å². The minimum Gasteiger partial charge on any atom is -0.463 e. The Morgan fingerprint density at radius 1 is 1.40 bits per heavy atom. The average Bonchev–Trinajstić information content (AvgIpc) is 2.97. The molecule has 0 aliphatic carbocycles. The minimum atomic E-state index is -4.69. The van der Waals surface area contributed by atoms with Crippen LogP contribution in [0.25, 0.3) is 11.7 Å². The third kappa shape index (κ3) is 4.71. The second-order valence-corrected chi connectivity index (χ2v) is 6.47. The van der Waals surface area contributed by atoms with Crippen LogP contribution in [-0.4, -0.2) is 37.9 Å². The van der Waals surface area contributed by atoms with Crippen LogP contribution in [0.4, 0.5) is 13.2 Å². The summed E-state index contributed by atoms with van der Waals surface area (Å²) < 4.78 is 45.3. The van der Waals surface area contributed by atoms with Gasteiger partial charge in [-0.05, 0) is 18.9 Å². The lowest BCUT2D eigenvalue weighted by molar-refractivity contribution is -0.145. The number of esters is 1. The monoisotopic (exact) mass is 374 g/mol. The lowest BCUT2D eigenvalue weighted by Crippen LogP contribution is -2.13. The standard InChI is InChI=1S/C15H17F3N4O2S/c1-4-24-11(23)6-5-10-7-19-13(25-8-9(2)3)12-20-21-14(22(10)12)15(16,17)18/h5-7,9H,4,8H2,1-3H3. The molecule has 0 aliphatic heterocycles. The van der Waals surface area contributed by atoms with E-state index in [2.05, 4.69) is 15.2 Å². The Hall–Kier alpha value is -2.10. The molecule has 0 atom stereocenters. The second kappa shape index (κ2) is 7.85. The molecule has 2 aromatic rings. The number of carbonyl (C=O) groups is 1. The quantitative estimate of drug-likeness (QED) is 0.438. The molecule has 6 nitrogen and oxygen atoms in total. The molecule has 0 radical (unpaired) electrons. The maximum Gasteiger partial charge on any atom is 0.452 e. The molecule has 0 aromatic carbocycles. The molecule has 0 fully saturated rings. The van der Waals surface area contributed by atoms with E-state index >= 15 is 0 Å². The normalized spacial score (nSPS) is 12.4. The van der Waals surface area contributed by atoms with Crippen LogP contribution in [-0.2, 0) is 15.7 Å². The number of ether oxygens (including phenoxy) is 1. The smallest absolute Gasteiger partial charge is 0.452 e. The fraction of sp³-hybridized carbons (Fsp3) is 0.467. The third-order valence-electron chi connectivity index (χ3n) is 2.91. The van der Waals surface area contributed by atoms with Gasteiger partial charge in [-0.2, -0.15) is 13.2 Å². The molecule has 0 saturated carbocycles. The van der Waals surface area contributed by atoms with E-state index < -0.39 is 18.0 Å². The first-order valence-electron chi connectivity index (χ1n) is 7.53. The number of rotatable bonds is 6. The lowest BCUT2D eigenvalue weighted by atomic mass is 10.3. The number of fused-ring (bicyclic) bond motifs is 1. The van der Waals surface area contributed by atoms with Gasteiger partial charge in [-0.3, -0.25) is 4.40 Å². The van der Waals surface area contributed by atoms with Crippen molar-refractivity contribution in [1.29, 1.82) is 0 Å². The highest BCUT2D eigenvalue weighted by Crippen LogP contribution is 2.31. The Bertz CT molecular complexity index is 787. The topological polar surface area (TPSA) is 69.4 Å². The number of hydrogen-bond donors (Lipinski definition) is 0. The molecular formula is C15H17F3N4O2S. The fourth-order valence-corrected chi connectivity index (χ4v) is 2.78. The Balaban J connectivity index is 2.53. The van der Waals surface area contributed by atoms with Crippen LogP contribution in [0.15, 0.2) is 17.3 Å². The van der Waals surface area contributed by atoms with Gasteiger partial charge >= 0.3 is 12.1 Å². The lowest BCUT2D eigenvalue weighted by Gasteiger charge is -2.09. The van der Waals surface area contributed by atoms with Gasteiger partial charge in [0.05, 0.1) is 18.5 Å². The molecule has 2 aromatic heterocycles. The van der Waals surface area contributed by atoms with Gasteiger partial charge in [0.15, 0.2) is 5.65 Å². The molecule has 0 amide bonds. The van der Waals surface area contributed by atoms with Crippen molar-refractivity contribution in [3.63, 3.8) is 0 Å². The first-order valence-corrected chi connectivity index (χ1v) is 8.51. The van der Waals surface area contributed by atoms with Crippen molar-refractivity contribution in [2.75, 3.05) is 12.4 Å². The molecular weight excluding hydrogens is 357 g/mol. The maximum atomic E-state index is 13.2. The molecule has 0 unspecified atom stereocenters. The van der Waals surface area contributed by atoms with Crippen molar-refractivity contribution in [3.8, 4) is 0 Å². The second-order valence-electron chi connectivity index (χ2n) is 5.46. The molecule has 2 rings (SSSR count). The summed E-state index contributed by atoms with van der Waals surface area (Å²) in [5, 5.41) is 7.26. The number of hydrogen-bond acceptors (Lipinski definition) is 6. The summed E-state index contributed by atoms with van der Waals surface area (Å²) in [5.41, 5.74) is 0.0401. The zero-order valence-electron chi connectivity index (χ0n) is 13.9. The summed E-state index contributed by atoms with van der Waals surface area (Å²) in [7, 11) is 0. The van der Waals surface area contributed by atoms with E-state index in [1.54, 1.807) is 6.92 Å². The van der Waals surface area contributed by atoms with Crippen LogP contribution in [0.2, 0.25) is 0 Å². The number of halogens is 3. The SMILES string of the molecule is CCOC(=O)C=Cc1cnc(SCC(C)C)c2nnc(C(F)(F)F)n12. The number of aromatic nitrogens is 4. The summed E-state index contributed by atoms with van der Waals surface area (Å²) in [6.07, 6.45) is -1.19. The number of nitrogens with zero attached hydrogens (tertiary/aromatic N) is 4. The van der Waals surface area contributed by atoms with Crippen molar-refractivity contribution < 1.29 is 22.7 Å². The molecule has 0 bridgehead atoms. The predicted octanol–water partition coefficient (Wildman–Crippen LogP) is 3.47. The summed E-state index contributed by atoms with van der Waals surface area (Å²) in [5.74, 6) is -0.815. The van der Waals surface area contributed by atoms with Gasteiger partial charge in [-0.25, -0.2) is 9.78 Å². The summed E-state index contributed by atoms with van der Waals surface area (Å²) >= 11 is 1.31. The van der Waals surface area contributed by atoms with Gasteiger partial charge in [0.1, 0.15) is 5.03 Å². The Morgan fingerprint density at radius 2 is 2.12 bits per heavy atom. The summed E-state index contributed by atoms with van der Waals surface area (Å²) in [6.45, 7) is 5.78. The van der Waals surface area contributed by atoms with Crippen LogP contribution < -0.4 is 0 Å². The van der Waals surface area contributed by atoms with Gasteiger partial charge in [-0.15, -0.1) is 22.0 Å². The van der Waals surface area contributed by atoms with Gasteiger partial charge < -0.3 is 4.74 Å². The zero-order valence-corrected chi connectivity index (χ0v) is 14.7. The van der Waals surface area contributed by atoms with Gasteiger partial charge in [0.2, 0.25) is 5.82 Å². The van der Waals surface area contributed by atoms with Crippen LogP contribution in [0, 0.1) is 5.92 Å². The molecule has 136 valence electrons. The van der Waals surface area contributed by atoms with Crippen LogP contribution in [0.3, 0.4) is 0 Å². The predicted molar refractivity (Wildman–Crippen MR) is 87.0 cm³/mol. The van der Waals surface area contributed by atoms with Crippen LogP contribution in [0.5, 0.6) is 0 Å². The van der Waals surface area contributed by atoms with E-state index in [4.69, 9.17) is 4.74 Å². The van der Waals surface area contributed by atoms with Crippen molar-refractivity contribution in [2.24, 2.45) is 5.92 Å². The highest BCUT2D eigenvalue weighted by atomic mass is 32.2. The molecule has 0 N–H and O–H groups in total. The highest BCUT2D eigenvalue weighted by Gasteiger charge is 2.38. The Kier molecular flexibility index (Phi) is 6.04. The number of alkyl halides is 3. The van der Waals surface area contributed by atoms with Crippen LogP contribution in [0.1, 0.15) is 32.3 Å². The maximum absolute atomic E-state index is 13.2. The Labute approximate surface area is 146 Å². The molecule has 0 aliphatic rings. The van der Waals surface area contributed by atoms with E-state index in [0.717, 1.165) is 10.5 Å². The van der Waals surface area contributed by atoms with Crippen molar-refractivity contribution in [2.45, 2.75) is 32.0 Å². The fourth-order valence-electron chi connectivity index (χ4n) is 1.90. The highest BCUT2D eigenvalue weighted by molar-refractivity contribution is 7.99. The molecule has 10 heteroatoms. The number of thioether (sulfide) groups is 1. The van der Waals surface area contributed by atoms with E-state index in [0.29, 0.717) is 16.7 Å². The molecule has 0 spiro atoms. The van der Waals surface area contributed by atoms with Gasteiger partial charge in [-0.1, -0.05) is 13.8 Å². The molecule has 0 saturated heterocycles. The van der Waals surface area contributed by atoms with E-state index in [-0.39, 0.29) is 17.9 Å². The minimum absolute atomic E-state index is 0.00369. The van der Waals surface area contributed by atoms with E-state index in [1.807, 2.05) is 13.8 Å². The summed E-state index contributed by atoms with van der Waals surface area (Å²) in [6, 6.07) is 0. The molecule has 25 heavy (non-hydrogen) atoms. The first-order chi connectivity index (χ1) is 11.7. The van der Waals surface area contributed by atoms with Crippen molar-refractivity contribution >= 4 is 29.5 Å². The van der Waals surface area contributed by atoms with E-state index in [1.165, 1.54) is 24.0 Å². The van der Waals surface area contributed by atoms with Gasteiger partial charge in [0, 0.05) is 11.8 Å². The zero-order chi connectivity index (χ0) is 18.6. The summed E-state index contributed by atoms with van der Waals surface area (Å²) in [4.78, 5) is 15.6.